The van der Waals surface area contributed by atoms with E-state index < -0.39 is 0 Å². The first-order valence-corrected chi connectivity index (χ1v) is 9.67. The molecular weight excluding hydrogens is 331 g/mol. The molecule has 0 amide bonds. The Labute approximate surface area is 152 Å². The minimum atomic E-state index is -0.279. The van der Waals surface area contributed by atoms with Gasteiger partial charge < -0.3 is 4.42 Å². The van der Waals surface area contributed by atoms with Gasteiger partial charge >= 0.3 is 0 Å². The van der Waals surface area contributed by atoms with Gasteiger partial charge in [-0.25, -0.2) is 4.39 Å². The molecule has 0 bridgehead atoms. The van der Waals surface area contributed by atoms with Gasteiger partial charge in [-0.05, 0) is 65.9 Å². The molecule has 0 atom stereocenters. The third kappa shape index (κ3) is 2.89. The van der Waals surface area contributed by atoms with Crippen LogP contribution < -0.4 is 0 Å². The van der Waals surface area contributed by atoms with Crippen molar-refractivity contribution in [3.8, 4) is 0 Å². The SMILES string of the molecule is CCc1ccc2c(oc(=S)c3cc(C4CCC(C)CC4)ccc32)c1F. The van der Waals surface area contributed by atoms with Crippen LogP contribution in [0.3, 0.4) is 0 Å². The molecule has 130 valence electrons. The summed E-state index contributed by atoms with van der Waals surface area (Å²) in [4.78, 5) is 0. The minimum Gasteiger partial charge on any atom is -0.441 e. The van der Waals surface area contributed by atoms with Gasteiger partial charge in [0, 0.05) is 10.8 Å². The fraction of sp³-hybridized carbons (Fsp3) is 0.409. The summed E-state index contributed by atoms with van der Waals surface area (Å²) < 4.78 is 20.8. The molecule has 0 aliphatic heterocycles. The Morgan fingerprint density at radius 1 is 1.04 bits per heavy atom. The van der Waals surface area contributed by atoms with E-state index in [0.717, 1.165) is 22.1 Å². The van der Waals surface area contributed by atoms with Crippen molar-refractivity contribution in [2.45, 2.75) is 51.9 Å². The van der Waals surface area contributed by atoms with E-state index >= 15 is 0 Å². The largest absolute Gasteiger partial charge is 0.441 e. The molecule has 1 saturated carbocycles. The predicted octanol–water partition coefficient (Wildman–Crippen LogP) is 7.31. The van der Waals surface area contributed by atoms with Gasteiger partial charge in [-0.1, -0.05) is 51.0 Å². The lowest BCUT2D eigenvalue weighted by atomic mass is 9.79. The minimum absolute atomic E-state index is 0.279. The monoisotopic (exact) mass is 354 g/mol. The molecule has 3 heteroatoms. The van der Waals surface area contributed by atoms with Crippen LogP contribution in [0.4, 0.5) is 4.39 Å². The van der Waals surface area contributed by atoms with E-state index in [2.05, 4.69) is 25.1 Å². The molecule has 1 heterocycles. The fourth-order valence-corrected chi connectivity index (χ4v) is 4.39. The lowest BCUT2D eigenvalue weighted by Crippen LogP contribution is -2.10. The number of rotatable bonds is 2. The Bertz CT molecular complexity index is 996. The normalized spacial score (nSPS) is 21.1. The number of halogens is 1. The molecule has 1 fully saturated rings. The molecule has 4 rings (SSSR count). The molecule has 0 spiro atoms. The topological polar surface area (TPSA) is 13.1 Å². The standard InChI is InChI=1S/C22H23FOS/c1-3-14-8-11-18-17-10-9-16(15-6-4-13(2)5-7-15)12-19(17)22(25)24-21(18)20(14)23/h8-13,15H,3-7H2,1-2H3. The number of hydrogen-bond donors (Lipinski definition) is 0. The molecule has 1 nitrogen and oxygen atoms in total. The second kappa shape index (κ2) is 6.53. The van der Waals surface area contributed by atoms with Crippen molar-refractivity contribution < 1.29 is 8.81 Å². The molecule has 0 N–H and O–H groups in total. The third-order valence-electron chi connectivity index (χ3n) is 5.79. The van der Waals surface area contributed by atoms with Gasteiger partial charge in [-0.2, -0.15) is 0 Å². The van der Waals surface area contributed by atoms with Gasteiger partial charge in [0.15, 0.2) is 16.1 Å². The molecule has 1 aliphatic carbocycles. The lowest BCUT2D eigenvalue weighted by molar-refractivity contribution is 0.348. The molecule has 0 unspecified atom stereocenters. The summed E-state index contributed by atoms with van der Waals surface area (Å²) in [6.45, 7) is 4.28. The van der Waals surface area contributed by atoms with Crippen molar-refractivity contribution in [3.05, 3.63) is 52.0 Å². The van der Waals surface area contributed by atoms with E-state index in [-0.39, 0.29) is 11.4 Å². The number of hydrogen-bond acceptors (Lipinski definition) is 2. The average molecular weight is 354 g/mol. The maximum atomic E-state index is 14.6. The second-order valence-electron chi connectivity index (χ2n) is 7.42. The number of aryl methyl sites for hydroxylation is 1. The molecular formula is C22H23FOS. The summed E-state index contributed by atoms with van der Waals surface area (Å²) in [5.74, 6) is 1.16. The van der Waals surface area contributed by atoms with Crippen LogP contribution in [0.15, 0.2) is 34.7 Å². The Hall–Kier alpha value is -1.74. The van der Waals surface area contributed by atoms with Gasteiger partial charge in [0.25, 0.3) is 0 Å². The van der Waals surface area contributed by atoms with Gasteiger partial charge in [0.05, 0.1) is 0 Å². The quantitative estimate of drug-likeness (QED) is 0.353. The summed E-state index contributed by atoms with van der Waals surface area (Å²) >= 11 is 5.47. The summed E-state index contributed by atoms with van der Waals surface area (Å²) in [6.07, 6.45) is 5.69. The third-order valence-corrected chi connectivity index (χ3v) is 6.10. The fourth-order valence-electron chi connectivity index (χ4n) is 4.14. The Morgan fingerprint density at radius 2 is 1.76 bits per heavy atom. The lowest BCUT2D eigenvalue weighted by Gasteiger charge is -2.26. The van der Waals surface area contributed by atoms with Crippen molar-refractivity contribution in [2.75, 3.05) is 0 Å². The van der Waals surface area contributed by atoms with E-state index in [1.54, 1.807) is 0 Å². The molecule has 0 radical (unpaired) electrons. The highest BCUT2D eigenvalue weighted by Gasteiger charge is 2.21. The zero-order chi connectivity index (χ0) is 17.6. The van der Waals surface area contributed by atoms with Crippen LogP contribution in [0.25, 0.3) is 21.7 Å². The van der Waals surface area contributed by atoms with Crippen molar-refractivity contribution in [1.82, 2.24) is 0 Å². The van der Waals surface area contributed by atoms with E-state index in [4.69, 9.17) is 16.6 Å². The van der Waals surface area contributed by atoms with Crippen LogP contribution in [-0.4, -0.2) is 0 Å². The summed E-state index contributed by atoms with van der Waals surface area (Å²) in [5, 5.41) is 2.73. The highest BCUT2D eigenvalue weighted by atomic mass is 32.1. The Morgan fingerprint density at radius 3 is 2.48 bits per heavy atom. The molecule has 25 heavy (non-hydrogen) atoms. The van der Waals surface area contributed by atoms with E-state index in [1.165, 1.54) is 31.2 Å². The molecule has 0 saturated heterocycles. The smallest absolute Gasteiger partial charge is 0.198 e. The molecule has 2 aromatic carbocycles. The number of benzene rings is 2. The maximum absolute atomic E-state index is 14.6. The summed E-state index contributed by atoms with van der Waals surface area (Å²) in [5.41, 5.74) is 2.29. The van der Waals surface area contributed by atoms with Crippen LogP contribution in [0, 0.1) is 16.4 Å². The summed E-state index contributed by atoms with van der Waals surface area (Å²) in [7, 11) is 0. The molecule has 1 aromatic heterocycles. The van der Waals surface area contributed by atoms with Crippen LogP contribution >= 0.6 is 12.2 Å². The van der Waals surface area contributed by atoms with Crippen molar-refractivity contribution >= 4 is 34.0 Å². The van der Waals surface area contributed by atoms with Crippen molar-refractivity contribution in [2.24, 2.45) is 5.92 Å². The van der Waals surface area contributed by atoms with Crippen LogP contribution in [0.2, 0.25) is 0 Å². The van der Waals surface area contributed by atoms with Gasteiger partial charge in [-0.15, -0.1) is 0 Å². The first kappa shape index (κ1) is 16.7. The Kier molecular flexibility index (Phi) is 4.36. The predicted molar refractivity (Wildman–Crippen MR) is 104 cm³/mol. The zero-order valence-corrected chi connectivity index (χ0v) is 15.6. The maximum Gasteiger partial charge on any atom is 0.198 e. The average Bonchev–Trinajstić information content (AvgIpc) is 2.63. The van der Waals surface area contributed by atoms with E-state index in [1.807, 2.05) is 19.1 Å². The summed E-state index contributed by atoms with van der Waals surface area (Å²) in [6, 6.07) is 10.3. The second-order valence-corrected chi connectivity index (χ2v) is 7.79. The molecule has 1 aliphatic rings. The van der Waals surface area contributed by atoms with Gasteiger partial charge in [-0.3, -0.25) is 0 Å². The highest BCUT2D eigenvalue weighted by Crippen LogP contribution is 2.38. The van der Waals surface area contributed by atoms with Crippen LogP contribution in [0.5, 0.6) is 0 Å². The van der Waals surface area contributed by atoms with Crippen molar-refractivity contribution in [3.63, 3.8) is 0 Å². The van der Waals surface area contributed by atoms with Gasteiger partial charge in [0.2, 0.25) is 0 Å². The Balaban J connectivity index is 1.87. The molecule has 3 aromatic rings. The zero-order valence-electron chi connectivity index (χ0n) is 14.8. The van der Waals surface area contributed by atoms with Crippen molar-refractivity contribution in [1.29, 1.82) is 0 Å². The number of fused-ring (bicyclic) bond motifs is 3. The van der Waals surface area contributed by atoms with E-state index in [0.29, 0.717) is 22.6 Å². The first-order valence-electron chi connectivity index (χ1n) is 9.26. The van der Waals surface area contributed by atoms with Crippen LogP contribution in [-0.2, 0) is 6.42 Å². The highest BCUT2D eigenvalue weighted by molar-refractivity contribution is 7.71. The van der Waals surface area contributed by atoms with Crippen LogP contribution in [0.1, 0.15) is 56.6 Å². The van der Waals surface area contributed by atoms with E-state index in [9.17, 15) is 4.39 Å². The van der Waals surface area contributed by atoms with Gasteiger partial charge in [0.1, 0.15) is 0 Å². The first-order chi connectivity index (χ1) is 12.1.